The van der Waals surface area contributed by atoms with Gasteiger partial charge in [0.15, 0.2) is 0 Å². The maximum absolute atomic E-state index is 12.7. The van der Waals surface area contributed by atoms with Gasteiger partial charge in [0.25, 0.3) is 5.91 Å². The Labute approximate surface area is 127 Å². The molecule has 0 aliphatic carbocycles. The smallest absolute Gasteiger partial charge is 0.262 e. The highest BCUT2D eigenvalue weighted by molar-refractivity contribution is 9.10. The van der Waals surface area contributed by atoms with Gasteiger partial charge in [-0.05, 0) is 37.3 Å². The lowest BCUT2D eigenvalue weighted by Gasteiger charge is -2.22. The number of para-hydroxylation sites is 1. The van der Waals surface area contributed by atoms with Crippen molar-refractivity contribution in [2.45, 2.75) is 6.92 Å². The third-order valence-electron chi connectivity index (χ3n) is 3.02. The first-order chi connectivity index (χ1) is 9.67. The quantitative estimate of drug-likeness (QED) is 0.842. The molecule has 3 nitrogen and oxygen atoms in total. The molecular weight excluding hydrogens is 318 g/mol. The first kappa shape index (κ1) is 14.6. The molecule has 0 bridgehead atoms. The van der Waals surface area contributed by atoms with Crippen LogP contribution in [0.15, 0.2) is 53.0 Å². The number of nitrogens with zero attached hydrogens (tertiary/aromatic N) is 1. The molecule has 104 valence electrons. The number of methoxy groups -OCH3 is 1. The Morgan fingerprint density at radius 2 is 1.90 bits per heavy atom. The number of carbonyl (C=O) groups is 1. The standard InChI is InChI=1S/C16H16BrNO2/c1-3-18(13-7-5-4-6-8-13)16(19)14-10-9-12(17)11-15(14)20-2/h4-11H,3H2,1-2H3. The molecule has 1 amide bonds. The van der Waals surface area contributed by atoms with Crippen molar-refractivity contribution >= 4 is 27.5 Å². The van der Waals surface area contributed by atoms with Crippen LogP contribution in [-0.2, 0) is 0 Å². The van der Waals surface area contributed by atoms with Crippen LogP contribution in [0.1, 0.15) is 17.3 Å². The van der Waals surface area contributed by atoms with Gasteiger partial charge in [-0.25, -0.2) is 0 Å². The number of carbonyl (C=O) groups excluding carboxylic acids is 1. The molecule has 0 fully saturated rings. The number of anilines is 1. The van der Waals surface area contributed by atoms with E-state index in [1.807, 2.05) is 43.3 Å². The average molecular weight is 334 g/mol. The first-order valence-electron chi connectivity index (χ1n) is 6.37. The topological polar surface area (TPSA) is 29.5 Å². The molecule has 0 saturated heterocycles. The summed E-state index contributed by atoms with van der Waals surface area (Å²) in [5, 5.41) is 0. The summed E-state index contributed by atoms with van der Waals surface area (Å²) in [6, 6.07) is 15.0. The Bertz CT molecular complexity index is 599. The van der Waals surface area contributed by atoms with Crippen LogP contribution in [0.4, 0.5) is 5.69 Å². The molecule has 4 heteroatoms. The zero-order valence-electron chi connectivity index (χ0n) is 11.5. The Balaban J connectivity index is 2.39. The van der Waals surface area contributed by atoms with Crippen molar-refractivity contribution in [1.29, 1.82) is 0 Å². The number of halogens is 1. The van der Waals surface area contributed by atoms with Crippen LogP contribution in [0.25, 0.3) is 0 Å². The molecule has 0 saturated carbocycles. The number of hydrogen-bond acceptors (Lipinski definition) is 2. The largest absolute Gasteiger partial charge is 0.496 e. The molecule has 0 radical (unpaired) electrons. The van der Waals surface area contributed by atoms with Crippen LogP contribution in [-0.4, -0.2) is 19.6 Å². The highest BCUT2D eigenvalue weighted by atomic mass is 79.9. The molecule has 2 aromatic carbocycles. The van der Waals surface area contributed by atoms with Crippen LogP contribution in [0, 0.1) is 0 Å². The van der Waals surface area contributed by atoms with Crippen molar-refractivity contribution in [3.05, 3.63) is 58.6 Å². The highest BCUT2D eigenvalue weighted by Crippen LogP contribution is 2.26. The second-order valence-electron chi connectivity index (χ2n) is 4.23. The first-order valence-corrected chi connectivity index (χ1v) is 7.17. The normalized spacial score (nSPS) is 10.2. The van der Waals surface area contributed by atoms with E-state index in [0.29, 0.717) is 17.9 Å². The lowest BCUT2D eigenvalue weighted by atomic mass is 10.1. The lowest BCUT2D eigenvalue weighted by Crippen LogP contribution is -2.30. The van der Waals surface area contributed by atoms with E-state index in [0.717, 1.165) is 10.2 Å². The molecule has 0 aromatic heterocycles. The van der Waals surface area contributed by atoms with Crippen molar-refractivity contribution in [2.75, 3.05) is 18.6 Å². The summed E-state index contributed by atoms with van der Waals surface area (Å²) in [5.41, 5.74) is 1.44. The van der Waals surface area contributed by atoms with Crippen LogP contribution >= 0.6 is 15.9 Å². The Morgan fingerprint density at radius 1 is 1.20 bits per heavy atom. The monoisotopic (exact) mass is 333 g/mol. The summed E-state index contributed by atoms with van der Waals surface area (Å²) in [6.07, 6.45) is 0. The van der Waals surface area contributed by atoms with E-state index in [1.54, 1.807) is 24.1 Å². The van der Waals surface area contributed by atoms with Gasteiger partial charge in [0.1, 0.15) is 5.75 Å². The minimum absolute atomic E-state index is 0.0666. The number of ether oxygens (including phenoxy) is 1. The molecule has 0 unspecified atom stereocenters. The molecule has 0 aliphatic heterocycles. The molecule has 0 heterocycles. The second-order valence-corrected chi connectivity index (χ2v) is 5.15. The van der Waals surface area contributed by atoms with Crippen LogP contribution < -0.4 is 9.64 Å². The molecular formula is C16H16BrNO2. The molecule has 0 spiro atoms. The highest BCUT2D eigenvalue weighted by Gasteiger charge is 2.19. The second kappa shape index (κ2) is 6.57. The van der Waals surface area contributed by atoms with Gasteiger partial charge in [0.2, 0.25) is 0 Å². The van der Waals surface area contributed by atoms with Gasteiger partial charge in [0.05, 0.1) is 12.7 Å². The van der Waals surface area contributed by atoms with Gasteiger partial charge >= 0.3 is 0 Å². The van der Waals surface area contributed by atoms with Crippen molar-refractivity contribution in [2.24, 2.45) is 0 Å². The summed E-state index contributed by atoms with van der Waals surface area (Å²) in [6.45, 7) is 2.55. The zero-order valence-corrected chi connectivity index (χ0v) is 13.1. The van der Waals surface area contributed by atoms with Crippen molar-refractivity contribution in [3.8, 4) is 5.75 Å². The molecule has 0 aliphatic rings. The minimum atomic E-state index is -0.0666. The third kappa shape index (κ3) is 3.02. The van der Waals surface area contributed by atoms with Crippen molar-refractivity contribution < 1.29 is 9.53 Å². The number of benzene rings is 2. The predicted molar refractivity (Wildman–Crippen MR) is 84.5 cm³/mol. The predicted octanol–water partition coefficient (Wildman–Crippen LogP) is 4.12. The van der Waals surface area contributed by atoms with E-state index in [1.165, 1.54) is 0 Å². The third-order valence-corrected chi connectivity index (χ3v) is 3.52. The van der Waals surface area contributed by atoms with Gasteiger partial charge in [0, 0.05) is 16.7 Å². The van der Waals surface area contributed by atoms with E-state index in [4.69, 9.17) is 4.74 Å². The fraction of sp³-hybridized carbons (Fsp3) is 0.188. The minimum Gasteiger partial charge on any atom is -0.496 e. The number of rotatable bonds is 4. The van der Waals surface area contributed by atoms with Gasteiger partial charge in [-0.15, -0.1) is 0 Å². The Hall–Kier alpha value is -1.81. The Kier molecular flexibility index (Phi) is 4.79. The van der Waals surface area contributed by atoms with Gasteiger partial charge in [-0.3, -0.25) is 4.79 Å². The maximum Gasteiger partial charge on any atom is 0.262 e. The summed E-state index contributed by atoms with van der Waals surface area (Å²) in [7, 11) is 1.57. The summed E-state index contributed by atoms with van der Waals surface area (Å²) >= 11 is 3.38. The zero-order chi connectivity index (χ0) is 14.5. The van der Waals surface area contributed by atoms with E-state index in [9.17, 15) is 4.79 Å². The van der Waals surface area contributed by atoms with Crippen LogP contribution in [0.3, 0.4) is 0 Å². The molecule has 0 atom stereocenters. The van der Waals surface area contributed by atoms with E-state index in [2.05, 4.69) is 15.9 Å². The summed E-state index contributed by atoms with van der Waals surface area (Å²) in [4.78, 5) is 14.4. The maximum atomic E-state index is 12.7. The summed E-state index contributed by atoms with van der Waals surface area (Å²) in [5.74, 6) is 0.502. The van der Waals surface area contributed by atoms with Gasteiger partial charge < -0.3 is 9.64 Å². The molecule has 2 rings (SSSR count). The Morgan fingerprint density at radius 3 is 2.50 bits per heavy atom. The van der Waals surface area contributed by atoms with E-state index in [-0.39, 0.29) is 5.91 Å². The fourth-order valence-electron chi connectivity index (χ4n) is 2.04. The van der Waals surface area contributed by atoms with Crippen molar-refractivity contribution in [3.63, 3.8) is 0 Å². The summed E-state index contributed by atoms with van der Waals surface area (Å²) < 4.78 is 6.18. The van der Waals surface area contributed by atoms with Gasteiger partial charge in [-0.2, -0.15) is 0 Å². The molecule has 20 heavy (non-hydrogen) atoms. The number of amides is 1. The van der Waals surface area contributed by atoms with Crippen LogP contribution in [0.5, 0.6) is 5.75 Å². The van der Waals surface area contributed by atoms with E-state index >= 15 is 0 Å². The fourth-order valence-corrected chi connectivity index (χ4v) is 2.38. The van der Waals surface area contributed by atoms with Crippen LogP contribution in [0.2, 0.25) is 0 Å². The number of hydrogen-bond donors (Lipinski definition) is 0. The average Bonchev–Trinajstić information content (AvgIpc) is 2.48. The van der Waals surface area contributed by atoms with Crippen molar-refractivity contribution in [1.82, 2.24) is 0 Å². The van der Waals surface area contributed by atoms with Gasteiger partial charge in [-0.1, -0.05) is 34.1 Å². The SMILES string of the molecule is CCN(C(=O)c1ccc(Br)cc1OC)c1ccccc1. The molecule has 0 N–H and O–H groups in total. The molecule has 2 aromatic rings. The van der Waals surface area contributed by atoms with E-state index < -0.39 is 0 Å². The lowest BCUT2D eigenvalue weighted by molar-refractivity contribution is 0.0985.